The molecule has 1 aromatic carbocycles. The molecule has 0 bridgehead atoms. The minimum absolute atomic E-state index is 0.0557. The number of aryl methyl sites for hydroxylation is 1. The highest BCUT2D eigenvalue weighted by Gasteiger charge is 2.16. The smallest absolute Gasteiger partial charge is 0.278 e. The van der Waals surface area contributed by atoms with E-state index in [0.717, 1.165) is 0 Å². The van der Waals surface area contributed by atoms with Gasteiger partial charge in [-0.05, 0) is 24.3 Å². The predicted octanol–water partition coefficient (Wildman–Crippen LogP) is 1.78. The number of hydrogen-bond acceptors (Lipinski definition) is 4. The van der Waals surface area contributed by atoms with Gasteiger partial charge < -0.3 is 9.72 Å². The van der Waals surface area contributed by atoms with E-state index in [1.807, 2.05) is 6.92 Å². The SMILES string of the molecule is CCc1ncc(S(=O)(=O)Nc2ccc(OC)cc2)[nH]1. The molecule has 102 valence electrons. The maximum atomic E-state index is 12.1. The fourth-order valence-corrected chi connectivity index (χ4v) is 2.53. The summed E-state index contributed by atoms with van der Waals surface area (Å²) in [6.45, 7) is 1.89. The Labute approximate surface area is 111 Å². The summed E-state index contributed by atoms with van der Waals surface area (Å²) >= 11 is 0. The van der Waals surface area contributed by atoms with Gasteiger partial charge in [0.1, 0.15) is 11.6 Å². The van der Waals surface area contributed by atoms with Crippen LogP contribution in [0.5, 0.6) is 5.75 Å². The molecule has 2 rings (SSSR count). The Kier molecular flexibility index (Phi) is 3.75. The van der Waals surface area contributed by atoms with Gasteiger partial charge in [-0.2, -0.15) is 8.42 Å². The van der Waals surface area contributed by atoms with Gasteiger partial charge in [0.05, 0.1) is 13.3 Å². The summed E-state index contributed by atoms with van der Waals surface area (Å²) in [7, 11) is -2.08. The van der Waals surface area contributed by atoms with E-state index in [1.54, 1.807) is 31.4 Å². The number of H-pyrrole nitrogens is 1. The molecule has 2 N–H and O–H groups in total. The summed E-state index contributed by atoms with van der Waals surface area (Å²) in [5, 5.41) is 0.0557. The Balaban J connectivity index is 2.20. The van der Waals surface area contributed by atoms with Crippen LogP contribution in [0.3, 0.4) is 0 Å². The summed E-state index contributed by atoms with van der Waals surface area (Å²) in [5.41, 5.74) is 0.466. The van der Waals surface area contributed by atoms with Gasteiger partial charge in [-0.15, -0.1) is 0 Å². The molecule has 0 fully saturated rings. The number of nitrogens with one attached hydrogen (secondary N) is 2. The van der Waals surface area contributed by atoms with Crippen molar-refractivity contribution in [1.29, 1.82) is 0 Å². The van der Waals surface area contributed by atoms with Crippen molar-refractivity contribution in [2.45, 2.75) is 18.4 Å². The molecule has 0 spiro atoms. The number of aromatic nitrogens is 2. The fourth-order valence-electron chi connectivity index (χ4n) is 1.53. The van der Waals surface area contributed by atoms with Crippen LogP contribution >= 0.6 is 0 Å². The molecule has 0 saturated carbocycles. The lowest BCUT2D eigenvalue weighted by atomic mass is 10.3. The molecule has 0 amide bonds. The molecular formula is C12H15N3O3S. The third kappa shape index (κ3) is 3.05. The number of aromatic amines is 1. The van der Waals surface area contributed by atoms with Crippen LogP contribution in [0.15, 0.2) is 35.5 Å². The number of ether oxygens (including phenoxy) is 1. The van der Waals surface area contributed by atoms with Crippen molar-refractivity contribution < 1.29 is 13.2 Å². The number of anilines is 1. The van der Waals surface area contributed by atoms with E-state index in [9.17, 15) is 8.42 Å². The van der Waals surface area contributed by atoms with E-state index in [-0.39, 0.29) is 5.03 Å². The summed E-state index contributed by atoms with van der Waals surface area (Å²) in [6.07, 6.45) is 1.96. The van der Waals surface area contributed by atoms with Crippen molar-refractivity contribution in [2.24, 2.45) is 0 Å². The van der Waals surface area contributed by atoms with Crippen LogP contribution in [0.4, 0.5) is 5.69 Å². The summed E-state index contributed by atoms with van der Waals surface area (Å²) in [4.78, 5) is 6.73. The highest BCUT2D eigenvalue weighted by atomic mass is 32.2. The Morgan fingerprint density at radius 3 is 2.53 bits per heavy atom. The number of hydrogen-bond donors (Lipinski definition) is 2. The second-order valence-electron chi connectivity index (χ2n) is 3.88. The van der Waals surface area contributed by atoms with Crippen LogP contribution in [0.2, 0.25) is 0 Å². The van der Waals surface area contributed by atoms with Crippen molar-refractivity contribution in [2.75, 3.05) is 11.8 Å². The normalized spacial score (nSPS) is 11.3. The van der Waals surface area contributed by atoms with Gasteiger partial charge in [0.25, 0.3) is 10.0 Å². The topological polar surface area (TPSA) is 84.1 Å². The first-order valence-electron chi connectivity index (χ1n) is 5.76. The molecule has 0 radical (unpaired) electrons. The van der Waals surface area contributed by atoms with Crippen LogP contribution in [-0.2, 0) is 16.4 Å². The highest BCUT2D eigenvalue weighted by molar-refractivity contribution is 7.92. The molecule has 0 atom stereocenters. The van der Waals surface area contributed by atoms with Gasteiger partial charge in [0, 0.05) is 12.1 Å². The van der Waals surface area contributed by atoms with Gasteiger partial charge in [-0.3, -0.25) is 4.72 Å². The molecule has 2 aromatic rings. The number of imidazole rings is 1. The summed E-state index contributed by atoms with van der Waals surface area (Å²) < 4.78 is 31.6. The van der Waals surface area contributed by atoms with Crippen molar-refractivity contribution in [3.8, 4) is 5.75 Å². The average molecular weight is 281 g/mol. The third-order valence-corrected chi connectivity index (χ3v) is 3.86. The molecule has 1 aromatic heterocycles. The standard InChI is InChI=1S/C12H15N3O3S/c1-3-11-13-8-12(14-11)19(16,17)15-9-4-6-10(18-2)7-5-9/h4-8,15H,3H2,1-2H3,(H,13,14). The minimum atomic E-state index is -3.63. The lowest BCUT2D eigenvalue weighted by molar-refractivity contribution is 0.415. The zero-order valence-corrected chi connectivity index (χ0v) is 11.5. The maximum Gasteiger partial charge on any atom is 0.278 e. The van der Waals surface area contributed by atoms with Gasteiger partial charge in [-0.1, -0.05) is 6.92 Å². The van der Waals surface area contributed by atoms with Gasteiger partial charge in [0.2, 0.25) is 0 Å². The first-order chi connectivity index (χ1) is 9.05. The van der Waals surface area contributed by atoms with Crippen LogP contribution < -0.4 is 9.46 Å². The minimum Gasteiger partial charge on any atom is -0.497 e. The van der Waals surface area contributed by atoms with Crippen LogP contribution in [0, 0.1) is 0 Å². The van der Waals surface area contributed by atoms with E-state index in [0.29, 0.717) is 23.7 Å². The van der Waals surface area contributed by atoms with Crippen LogP contribution in [0.25, 0.3) is 0 Å². The molecule has 1 heterocycles. The van der Waals surface area contributed by atoms with Crippen molar-refractivity contribution >= 4 is 15.7 Å². The largest absolute Gasteiger partial charge is 0.497 e. The molecule has 7 heteroatoms. The van der Waals surface area contributed by atoms with Crippen molar-refractivity contribution in [1.82, 2.24) is 9.97 Å². The van der Waals surface area contributed by atoms with Crippen LogP contribution in [-0.4, -0.2) is 25.5 Å². The van der Waals surface area contributed by atoms with Gasteiger partial charge >= 0.3 is 0 Å². The number of sulfonamides is 1. The van der Waals surface area contributed by atoms with E-state index in [1.165, 1.54) is 6.20 Å². The van der Waals surface area contributed by atoms with E-state index in [4.69, 9.17) is 4.74 Å². The molecule has 0 saturated heterocycles. The number of nitrogens with zero attached hydrogens (tertiary/aromatic N) is 1. The number of methoxy groups -OCH3 is 1. The second-order valence-corrected chi connectivity index (χ2v) is 5.53. The molecule has 0 aliphatic heterocycles. The van der Waals surface area contributed by atoms with Crippen molar-refractivity contribution in [3.63, 3.8) is 0 Å². The lowest BCUT2D eigenvalue weighted by Gasteiger charge is -2.06. The maximum absolute atomic E-state index is 12.1. The molecular weight excluding hydrogens is 266 g/mol. The highest BCUT2D eigenvalue weighted by Crippen LogP contribution is 2.18. The first-order valence-corrected chi connectivity index (χ1v) is 7.24. The predicted molar refractivity (Wildman–Crippen MR) is 71.8 cm³/mol. The summed E-state index contributed by atoms with van der Waals surface area (Å²) in [6, 6.07) is 6.63. The van der Waals surface area contributed by atoms with Gasteiger partial charge in [-0.25, -0.2) is 4.98 Å². The molecule has 0 aliphatic rings. The second kappa shape index (κ2) is 5.31. The van der Waals surface area contributed by atoms with Gasteiger partial charge in [0.15, 0.2) is 5.03 Å². The number of benzene rings is 1. The zero-order valence-electron chi connectivity index (χ0n) is 10.7. The molecule has 19 heavy (non-hydrogen) atoms. The van der Waals surface area contributed by atoms with Crippen molar-refractivity contribution in [3.05, 3.63) is 36.3 Å². The fraction of sp³-hybridized carbons (Fsp3) is 0.250. The molecule has 0 unspecified atom stereocenters. The van der Waals surface area contributed by atoms with Crippen LogP contribution in [0.1, 0.15) is 12.7 Å². The van der Waals surface area contributed by atoms with E-state index in [2.05, 4.69) is 14.7 Å². The monoisotopic (exact) mass is 281 g/mol. The molecule has 6 nitrogen and oxygen atoms in total. The Morgan fingerprint density at radius 2 is 2.00 bits per heavy atom. The summed E-state index contributed by atoms with van der Waals surface area (Å²) in [5.74, 6) is 1.30. The Hall–Kier alpha value is -2.02. The quantitative estimate of drug-likeness (QED) is 0.875. The Morgan fingerprint density at radius 1 is 1.32 bits per heavy atom. The average Bonchev–Trinajstić information content (AvgIpc) is 2.89. The van der Waals surface area contributed by atoms with E-state index >= 15 is 0 Å². The third-order valence-electron chi connectivity index (χ3n) is 2.57. The first kappa shape index (κ1) is 13.4. The zero-order chi connectivity index (χ0) is 13.9. The molecule has 0 aliphatic carbocycles. The Bertz CT molecular complexity index is 647. The lowest BCUT2D eigenvalue weighted by Crippen LogP contribution is -2.13. The number of rotatable bonds is 5. The van der Waals surface area contributed by atoms with E-state index < -0.39 is 10.0 Å².